The second-order valence-corrected chi connectivity index (χ2v) is 7.90. The molecule has 4 rings (SSSR count). The highest BCUT2D eigenvalue weighted by atomic mass is 16.5. The molecule has 0 spiro atoms. The molecular formula is C27H30N2O2. The summed E-state index contributed by atoms with van der Waals surface area (Å²) in [5, 5.41) is 4.92. The second kappa shape index (κ2) is 9.71. The first-order valence-corrected chi connectivity index (χ1v) is 10.7. The summed E-state index contributed by atoms with van der Waals surface area (Å²) in [5.74, 6) is 1.54. The number of hydrogen-bond donors (Lipinski definition) is 1. The van der Waals surface area contributed by atoms with Gasteiger partial charge < -0.3 is 19.4 Å². The number of hydrogen-bond acceptors (Lipinski definition) is 3. The van der Waals surface area contributed by atoms with Gasteiger partial charge in [0.2, 0.25) is 0 Å². The predicted octanol–water partition coefficient (Wildman–Crippen LogP) is 5.35. The summed E-state index contributed by atoms with van der Waals surface area (Å²) in [7, 11) is 3.33. The summed E-state index contributed by atoms with van der Waals surface area (Å²) >= 11 is 0. The number of benzene rings is 3. The highest BCUT2D eigenvalue weighted by molar-refractivity contribution is 5.84. The molecule has 0 saturated heterocycles. The van der Waals surface area contributed by atoms with Crippen LogP contribution in [0.1, 0.15) is 22.3 Å². The Kier molecular flexibility index (Phi) is 6.58. The SMILES string of the molecule is COc1ccc(CCNCc2cn(Cc3ccc(C)cc3)c3ccccc23)cc1OC. The number of aryl methyl sites for hydroxylation is 1. The lowest BCUT2D eigenvalue weighted by Crippen LogP contribution is -2.16. The van der Waals surface area contributed by atoms with E-state index >= 15 is 0 Å². The quantitative estimate of drug-likeness (QED) is 0.375. The van der Waals surface area contributed by atoms with Crippen LogP contribution in [-0.4, -0.2) is 25.3 Å². The molecule has 0 atom stereocenters. The van der Waals surface area contributed by atoms with E-state index in [9.17, 15) is 0 Å². The van der Waals surface area contributed by atoms with Gasteiger partial charge in [0.1, 0.15) is 0 Å². The summed E-state index contributed by atoms with van der Waals surface area (Å²) in [6, 6.07) is 23.5. The van der Waals surface area contributed by atoms with E-state index in [0.717, 1.165) is 37.6 Å². The number of para-hydroxylation sites is 1. The van der Waals surface area contributed by atoms with E-state index in [4.69, 9.17) is 9.47 Å². The zero-order valence-corrected chi connectivity index (χ0v) is 18.5. The maximum Gasteiger partial charge on any atom is 0.160 e. The van der Waals surface area contributed by atoms with E-state index in [1.165, 1.54) is 33.2 Å². The van der Waals surface area contributed by atoms with E-state index in [2.05, 4.69) is 77.6 Å². The van der Waals surface area contributed by atoms with Crippen molar-refractivity contribution >= 4 is 10.9 Å². The molecule has 0 unspecified atom stereocenters. The molecule has 31 heavy (non-hydrogen) atoms. The van der Waals surface area contributed by atoms with Gasteiger partial charge in [-0.1, -0.05) is 54.1 Å². The smallest absolute Gasteiger partial charge is 0.160 e. The second-order valence-electron chi connectivity index (χ2n) is 7.90. The van der Waals surface area contributed by atoms with Crippen LogP contribution in [0.2, 0.25) is 0 Å². The molecule has 0 aliphatic carbocycles. The molecule has 0 aliphatic rings. The van der Waals surface area contributed by atoms with Gasteiger partial charge in [0, 0.05) is 30.2 Å². The number of rotatable bonds is 9. The highest BCUT2D eigenvalue weighted by Crippen LogP contribution is 2.27. The lowest BCUT2D eigenvalue weighted by Gasteiger charge is -2.10. The minimum Gasteiger partial charge on any atom is -0.493 e. The Hall–Kier alpha value is -3.24. The van der Waals surface area contributed by atoms with Gasteiger partial charge in [-0.25, -0.2) is 0 Å². The molecule has 4 nitrogen and oxygen atoms in total. The molecule has 0 fully saturated rings. The molecule has 0 bridgehead atoms. The number of aromatic nitrogens is 1. The maximum atomic E-state index is 5.41. The van der Waals surface area contributed by atoms with Crippen LogP contribution >= 0.6 is 0 Å². The van der Waals surface area contributed by atoms with Crippen LogP contribution in [-0.2, 0) is 19.5 Å². The average Bonchev–Trinajstić information content (AvgIpc) is 3.15. The fraction of sp³-hybridized carbons (Fsp3) is 0.259. The molecule has 0 radical (unpaired) electrons. The molecule has 1 heterocycles. The van der Waals surface area contributed by atoms with E-state index in [1.807, 2.05) is 12.1 Å². The van der Waals surface area contributed by atoms with Crippen molar-refractivity contribution in [3.8, 4) is 11.5 Å². The summed E-state index contributed by atoms with van der Waals surface area (Å²) in [6.07, 6.45) is 3.22. The van der Waals surface area contributed by atoms with Gasteiger partial charge in [0.15, 0.2) is 11.5 Å². The van der Waals surface area contributed by atoms with Crippen molar-refractivity contribution in [1.82, 2.24) is 9.88 Å². The lowest BCUT2D eigenvalue weighted by molar-refractivity contribution is 0.354. The molecule has 1 aromatic heterocycles. The molecular weight excluding hydrogens is 384 g/mol. The van der Waals surface area contributed by atoms with Crippen LogP contribution in [0, 0.1) is 6.92 Å². The highest BCUT2D eigenvalue weighted by Gasteiger charge is 2.09. The molecule has 3 aromatic carbocycles. The van der Waals surface area contributed by atoms with Crippen LogP contribution in [0.25, 0.3) is 10.9 Å². The van der Waals surface area contributed by atoms with E-state index in [0.29, 0.717) is 0 Å². The van der Waals surface area contributed by atoms with Crippen molar-refractivity contribution in [2.24, 2.45) is 0 Å². The van der Waals surface area contributed by atoms with Gasteiger partial charge in [-0.05, 0) is 54.8 Å². The predicted molar refractivity (Wildman–Crippen MR) is 127 cm³/mol. The molecule has 4 aromatic rings. The number of nitrogens with one attached hydrogen (secondary N) is 1. The van der Waals surface area contributed by atoms with E-state index in [-0.39, 0.29) is 0 Å². The Labute approximate surface area is 184 Å². The summed E-state index contributed by atoms with van der Waals surface area (Å²) in [4.78, 5) is 0. The van der Waals surface area contributed by atoms with Gasteiger partial charge in [0.25, 0.3) is 0 Å². The first kappa shape index (κ1) is 21.0. The van der Waals surface area contributed by atoms with Crippen molar-refractivity contribution in [3.63, 3.8) is 0 Å². The average molecular weight is 415 g/mol. The van der Waals surface area contributed by atoms with Crippen molar-refractivity contribution in [3.05, 3.63) is 95.2 Å². The van der Waals surface area contributed by atoms with E-state index in [1.54, 1.807) is 14.2 Å². The summed E-state index contributed by atoms with van der Waals surface area (Å²) < 4.78 is 13.1. The van der Waals surface area contributed by atoms with Crippen molar-refractivity contribution < 1.29 is 9.47 Å². The Balaban J connectivity index is 1.42. The Morgan fingerprint density at radius 1 is 0.839 bits per heavy atom. The fourth-order valence-electron chi connectivity index (χ4n) is 3.98. The summed E-state index contributed by atoms with van der Waals surface area (Å²) in [5.41, 5.74) is 6.45. The molecule has 0 amide bonds. The van der Waals surface area contributed by atoms with Gasteiger partial charge >= 0.3 is 0 Å². The van der Waals surface area contributed by atoms with Crippen molar-refractivity contribution in [2.75, 3.05) is 20.8 Å². The first-order valence-electron chi connectivity index (χ1n) is 10.7. The normalized spacial score (nSPS) is 11.1. The zero-order valence-electron chi connectivity index (χ0n) is 18.5. The van der Waals surface area contributed by atoms with Crippen molar-refractivity contribution in [1.29, 1.82) is 0 Å². The minimum absolute atomic E-state index is 0.764. The molecule has 0 saturated carbocycles. The minimum atomic E-state index is 0.764. The van der Waals surface area contributed by atoms with Crippen LogP contribution < -0.4 is 14.8 Å². The Morgan fingerprint density at radius 3 is 2.35 bits per heavy atom. The van der Waals surface area contributed by atoms with Gasteiger partial charge in [0.05, 0.1) is 14.2 Å². The topological polar surface area (TPSA) is 35.4 Å². The third-order valence-electron chi connectivity index (χ3n) is 5.70. The van der Waals surface area contributed by atoms with Crippen LogP contribution in [0.15, 0.2) is 72.9 Å². The van der Waals surface area contributed by atoms with Crippen LogP contribution in [0.4, 0.5) is 0 Å². The van der Waals surface area contributed by atoms with Crippen molar-refractivity contribution in [2.45, 2.75) is 26.4 Å². The van der Waals surface area contributed by atoms with E-state index < -0.39 is 0 Å². The van der Waals surface area contributed by atoms with Crippen LogP contribution in [0.5, 0.6) is 11.5 Å². The number of methoxy groups -OCH3 is 2. The third kappa shape index (κ3) is 4.92. The molecule has 0 aliphatic heterocycles. The molecule has 4 heteroatoms. The van der Waals surface area contributed by atoms with Gasteiger partial charge in [-0.2, -0.15) is 0 Å². The Bertz CT molecular complexity index is 1150. The summed E-state index contributed by atoms with van der Waals surface area (Å²) in [6.45, 7) is 4.74. The number of ether oxygens (including phenoxy) is 2. The van der Waals surface area contributed by atoms with Crippen LogP contribution in [0.3, 0.4) is 0 Å². The first-order chi connectivity index (χ1) is 15.2. The zero-order chi connectivity index (χ0) is 21.6. The van der Waals surface area contributed by atoms with Gasteiger partial charge in [-0.3, -0.25) is 0 Å². The lowest BCUT2D eigenvalue weighted by atomic mass is 10.1. The largest absolute Gasteiger partial charge is 0.493 e. The maximum absolute atomic E-state index is 5.41. The molecule has 160 valence electrons. The number of nitrogens with zero attached hydrogens (tertiary/aromatic N) is 1. The Morgan fingerprint density at radius 2 is 1.58 bits per heavy atom. The standard InChI is InChI=1S/C27H30N2O2/c1-20-8-10-22(11-9-20)18-29-19-23(24-6-4-5-7-25(24)29)17-28-15-14-21-12-13-26(30-2)27(16-21)31-3/h4-13,16,19,28H,14-15,17-18H2,1-3H3. The van der Waals surface area contributed by atoms with Gasteiger partial charge in [-0.15, -0.1) is 0 Å². The number of fused-ring (bicyclic) bond motifs is 1. The molecule has 1 N–H and O–H groups in total. The fourth-order valence-corrected chi connectivity index (χ4v) is 3.98. The monoisotopic (exact) mass is 414 g/mol. The third-order valence-corrected chi connectivity index (χ3v) is 5.70.